The van der Waals surface area contributed by atoms with Crippen molar-refractivity contribution in [3.8, 4) is 0 Å². The first-order valence-electron chi connectivity index (χ1n) is 6.32. The number of nitrogens with two attached hydrogens (primary N) is 1. The molecule has 1 aromatic heterocycles. The molecule has 2 N–H and O–H groups in total. The van der Waals surface area contributed by atoms with E-state index in [-0.39, 0.29) is 6.04 Å². The van der Waals surface area contributed by atoms with Crippen LogP contribution in [-0.2, 0) is 12.8 Å². The van der Waals surface area contributed by atoms with Crippen LogP contribution in [-0.4, -0.2) is 16.0 Å². The number of nitrogens with zero attached hydrogens (tertiary/aromatic N) is 2. The van der Waals surface area contributed by atoms with E-state index in [1.807, 2.05) is 0 Å². The predicted molar refractivity (Wildman–Crippen MR) is 65.4 cm³/mol. The lowest BCUT2D eigenvalue weighted by Crippen LogP contribution is -2.27. The maximum Gasteiger partial charge on any atom is 0.115 e. The van der Waals surface area contributed by atoms with E-state index >= 15 is 0 Å². The molecule has 1 aliphatic rings. The molecule has 0 fully saturated rings. The molecule has 0 saturated heterocycles. The van der Waals surface area contributed by atoms with E-state index < -0.39 is 0 Å². The number of hydrogen-bond acceptors (Lipinski definition) is 3. The van der Waals surface area contributed by atoms with Gasteiger partial charge < -0.3 is 5.73 Å². The summed E-state index contributed by atoms with van der Waals surface area (Å²) in [6, 6.07) is 0.172. The largest absolute Gasteiger partial charge is 0.327 e. The molecule has 0 radical (unpaired) electrons. The SMILES string of the molecule is CCC(c1ncnc2c1CCCC2)C(C)N. The number of aryl methyl sites for hydroxylation is 1. The molecule has 1 heterocycles. The van der Waals surface area contributed by atoms with Gasteiger partial charge in [-0.05, 0) is 44.6 Å². The third kappa shape index (κ3) is 2.09. The first-order valence-corrected chi connectivity index (χ1v) is 6.32. The lowest BCUT2D eigenvalue weighted by atomic mass is 9.86. The summed E-state index contributed by atoms with van der Waals surface area (Å²) >= 11 is 0. The van der Waals surface area contributed by atoms with E-state index in [9.17, 15) is 0 Å². The molecule has 3 nitrogen and oxygen atoms in total. The molecule has 3 heteroatoms. The first kappa shape index (κ1) is 11.5. The molecule has 2 atom stereocenters. The molecule has 0 saturated carbocycles. The van der Waals surface area contributed by atoms with E-state index in [2.05, 4.69) is 23.8 Å². The van der Waals surface area contributed by atoms with E-state index in [0.29, 0.717) is 5.92 Å². The van der Waals surface area contributed by atoms with E-state index in [0.717, 1.165) is 19.3 Å². The molecule has 88 valence electrons. The lowest BCUT2D eigenvalue weighted by Gasteiger charge is -2.24. The van der Waals surface area contributed by atoms with Gasteiger partial charge in [-0.25, -0.2) is 9.97 Å². The lowest BCUT2D eigenvalue weighted by molar-refractivity contribution is 0.524. The van der Waals surface area contributed by atoms with Crippen LogP contribution in [0.2, 0.25) is 0 Å². The smallest absolute Gasteiger partial charge is 0.115 e. The fraction of sp³-hybridized carbons (Fsp3) is 0.692. The van der Waals surface area contributed by atoms with Crippen molar-refractivity contribution in [2.24, 2.45) is 5.73 Å². The number of hydrogen-bond donors (Lipinski definition) is 1. The topological polar surface area (TPSA) is 51.8 Å². The van der Waals surface area contributed by atoms with Gasteiger partial charge in [-0.15, -0.1) is 0 Å². The first-order chi connectivity index (χ1) is 7.74. The Hall–Kier alpha value is -0.960. The van der Waals surface area contributed by atoms with Crippen molar-refractivity contribution in [1.82, 2.24) is 9.97 Å². The minimum absolute atomic E-state index is 0.172. The quantitative estimate of drug-likeness (QED) is 0.848. The Balaban J connectivity index is 2.39. The van der Waals surface area contributed by atoms with Gasteiger partial charge in [0.25, 0.3) is 0 Å². The Kier molecular flexibility index (Phi) is 3.54. The van der Waals surface area contributed by atoms with E-state index in [1.54, 1.807) is 6.33 Å². The zero-order chi connectivity index (χ0) is 11.5. The van der Waals surface area contributed by atoms with Gasteiger partial charge in [0.05, 0.1) is 5.69 Å². The highest BCUT2D eigenvalue weighted by molar-refractivity contribution is 5.30. The van der Waals surface area contributed by atoms with Gasteiger partial charge in [-0.2, -0.15) is 0 Å². The molecule has 0 aliphatic heterocycles. The standard InChI is InChI=1S/C13H21N3/c1-3-10(9(2)14)13-11-6-4-5-7-12(11)15-8-16-13/h8-10H,3-7,14H2,1-2H3. The zero-order valence-electron chi connectivity index (χ0n) is 10.2. The third-order valence-corrected chi connectivity index (χ3v) is 3.58. The summed E-state index contributed by atoms with van der Waals surface area (Å²) in [5.74, 6) is 0.384. The zero-order valence-corrected chi connectivity index (χ0v) is 10.2. The Morgan fingerprint density at radius 2 is 2.06 bits per heavy atom. The van der Waals surface area contributed by atoms with Crippen LogP contribution in [0.4, 0.5) is 0 Å². The van der Waals surface area contributed by atoms with Crippen molar-refractivity contribution in [2.75, 3.05) is 0 Å². The molecule has 16 heavy (non-hydrogen) atoms. The Bertz CT molecular complexity index is 360. The molecule has 2 unspecified atom stereocenters. The Morgan fingerprint density at radius 1 is 1.31 bits per heavy atom. The van der Waals surface area contributed by atoms with Crippen LogP contribution < -0.4 is 5.73 Å². The van der Waals surface area contributed by atoms with Crippen molar-refractivity contribution < 1.29 is 0 Å². The minimum atomic E-state index is 0.172. The predicted octanol–water partition coefficient (Wildman–Crippen LogP) is 2.20. The van der Waals surface area contributed by atoms with Gasteiger partial charge in [-0.1, -0.05) is 6.92 Å². The van der Waals surface area contributed by atoms with Gasteiger partial charge in [0.1, 0.15) is 6.33 Å². The normalized spacial score (nSPS) is 18.9. The van der Waals surface area contributed by atoms with Crippen LogP contribution in [0.15, 0.2) is 6.33 Å². The maximum absolute atomic E-state index is 6.05. The van der Waals surface area contributed by atoms with Crippen molar-refractivity contribution in [3.05, 3.63) is 23.3 Å². The highest BCUT2D eigenvalue weighted by atomic mass is 14.9. The summed E-state index contributed by atoms with van der Waals surface area (Å²) in [6.45, 7) is 4.26. The van der Waals surface area contributed by atoms with Gasteiger partial charge >= 0.3 is 0 Å². The Labute approximate surface area is 97.5 Å². The third-order valence-electron chi connectivity index (χ3n) is 3.58. The number of aromatic nitrogens is 2. The monoisotopic (exact) mass is 219 g/mol. The Morgan fingerprint density at radius 3 is 2.75 bits per heavy atom. The second kappa shape index (κ2) is 4.91. The minimum Gasteiger partial charge on any atom is -0.327 e. The summed E-state index contributed by atoms with van der Waals surface area (Å²) in [6.07, 6.45) is 7.54. The molecular weight excluding hydrogens is 198 g/mol. The van der Waals surface area contributed by atoms with E-state index in [1.165, 1.54) is 29.8 Å². The maximum atomic E-state index is 6.05. The molecule has 0 aromatic carbocycles. The fourth-order valence-electron chi connectivity index (χ4n) is 2.68. The average Bonchev–Trinajstić information content (AvgIpc) is 2.30. The van der Waals surface area contributed by atoms with Crippen molar-refractivity contribution in [3.63, 3.8) is 0 Å². The average molecular weight is 219 g/mol. The number of fused-ring (bicyclic) bond motifs is 1. The summed E-state index contributed by atoms with van der Waals surface area (Å²) in [5.41, 5.74) is 9.91. The van der Waals surface area contributed by atoms with Crippen LogP contribution in [0.25, 0.3) is 0 Å². The molecule has 0 amide bonds. The van der Waals surface area contributed by atoms with Crippen molar-refractivity contribution in [2.45, 2.75) is 57.9 Å². The van der Waals surface area contributed by atoms with Gasteiger partial charge in [0.2, 0.25) is 0 Å². The molecular formula is C13H21N3. The van der Waals surface area contributed by atoms with Crippen molar-refractivity contribution in [1.29, 1.82) is 0 Å². The molecule has 0 spiro atoms. The molecule has 2 rings (SSSR count). The van der Waals surface area contributed by atoms with Gasteiger partial charge in [0, 0.05) is 17.7 Å². The summed E-state index contributed by atoms with van der Waals surface area (Å²) in [5, 5.41) is 0. The molecule has 0 bridgehead atoms. The summed E-state index contributed by atoms with van der Waals surface area (Å²) in [7, 11) is 0. The summed E-state index contributed by atoms with van der Waals surface area (Å²) < 4.78 is 0. The molecule has 1 aromatic rings. The molecule has 1 aliphatic carbocycles. The van der Waals surface area contributed by atoms with Gasteiger partial charge in [0.15, 0.2) is 0 Å². The second-order valence-corrected chi connectivity index (χ2v) is 4.77. The number of rotatable bonds is 3. The fourth-order valence-corrected chi connectivity index (χ4v) is 2.68. The van der Waals surface area contributed by atoms with Crippen LogP contribution >= 0.6 is 0 Å². The van der Waals surface area contributed by atoms with E-state index in [4.69, 9.17) is 5.73 Å². The highest BCUT2D eigenvalue weighted by Gasteiger charge is 2.23. The van der Waals surface area contributed by atoms with Crippen LogP contribution in [0.5, 0.6) is 0 Å². The van der Waals surface area contributed by atoms with Crippen molar-refractivity contribution >= 4 is 0 Å². The second-order valence-electron chi connectivity index (χ2n) is 4.77. The van der Waals surface area contributed by atoms with Crippen LogP contribution in [0.1, 0.15) is 56.0 Å². The van der Waals surface area contributed by atoms with Crippen LogP contribution in [0.3, 0.4) is 0 Å². The van der Waals surface area contributed by atoms with Gasteiger partial charge in [-0.3, -0.25) is 0 Å². The highest BCUT2D eigenvalue weighted by Crippen LogP contribution is 2.29. The van der Waals surface area contributed by atoms with Crippen LogP contribution in [0, 0.1) is 0 Å². The summed E-state index contributed by atoms with van der Waals surface area (Å²) in [4.78, 5) is 8.90.